The first-order chi connectivity index (χ1) is 13.9. The van der Waals surface area contributed by atoms with Crippen LogP contribution in [-0.4, -0.2) is 28.4 Å². The van der Waals surface area contributed by atoms with Gasteiger partial charge in [0.2, 0.25) is 0 Å². The minimum absolute atomic E-state index is 0.0497. The van der Waals surface area contributed by atoms with Gasteiger partial charge in [-0.05, 0) is 61.4 Å². The third kappa shape index (κ3) is 4.44. The molecule has 148 valence electrons. The Labute approximate surface area is 179 Å². The monoisotopic (exact) mass is 474 g/mol. The molecule has 0 unspecified atom stereocenters. The fourth-order valence-electron chi connectivity index (χ4n) is 2.83. The molecule has 0 aliphatic heterocycles. The summed E-state index contributed by atoms with van der Waals surface area (Å²) in [5, 5.41) is 6.55. The first kappa shape index (κ1) is 19.5. The van der Waals surface area contributed by atoms with Crippen molar-refractivity contribution in [2.24, 2.45) is 0 Å². The molecule has 0 saturated heterocycles. The second-order valence-electron chi connectivity index (χ2n) is 6.72. The molecule has 29 heavy (non-hydrogen) atoms. The molecule has 0 atom stereocenters. The van der Waals surface area contributed by atoms with Crippen molar-refractivity contribution in [2.45, 2.75) is 18.9 Å². The molecule has 7 nitrogen and oxygen atoms in total. The number of rotatable bonds is 4. The van der Waals surface area contributed by atoms with E-state index in [0.29, 0.717) is 21.6 Å². The van der Waals surface area contributed by atoms with Crippen LogP contribution in [0.4, 0.5) is 5.69 Å². The summed E-state index contributed by atoms with van der Waals surface area (Å²) in [7, 11) is 0. The van der Waals surface area contributed by atoms with E-state index in [1.54, 1.807) is 48.5 Å². The topological polar surface area (TPSA) is 92.2 Å². The molecule has 1 fully saturated rings. The van der Waals surface area contributed by atoms with Crippen molar-refractivity contribution in [3.8, 4) is 0 Å². The fraction of sp³-hybridized carbons (Fsp3) is 0.150. The molecule has 1 saturated carbocycles. The maximum atomic E-state index is 12.9. The van der Waals surface area contributed by atoms with E-state index >= 15 is 0 Å². The van der Waals surface area contributed by atoms with Gasteiger partial charge in [-0.3, -0.25) is 19.8 Å². The molecule has 1 heterocycles. The first-order valence-corrected chi connectivity index (χ1v) is 10.1. The van der Waals surface area contributed by atoms with Crippen LogP contribution in [-0.2, 0) is 9.59 Å². The molecular formula is C20H16BrClN4O3. The van der Waals surface area contributed by atoms with E-state index in [1.807, 2.05) is 0 Å². The zero-order valence-corrected chi connectivity index (χ0v) is 17.4. The zero-order chi connectivity index (χ0) is 20.5. The average molecular weight is 476 g/mol. The highest BCUT2D eigenvalue weighted by Gasteiger charge is 2.27. The highest BCUT2D eigenvalue weighted by atomic mass is 79.9. The maximum Gasteiger partial charge on any atom is 0.328 e. The van der Waals surface area contributed by atoms with E-state index in [4.69, 9.17) is 11.6 Å². The first-order valence-electron chi connectivity index (χ1n) is 8.90. The predicted octanol–water partition coefficient (Wildman–Crippen LogP) is 3.66. The third-order valence-corrected chi connectivity index (χ3v) is 5.19. The van der Waals surface area contributed by atoms with Crippen LogP contribution in [0.25, 0.3) is 10.9 Å². The van der Waals surface area contributed by atoms with E-state index in [9.17, 15) is 14.4 Å². The van der Waals surface area contributed by atoms with Gasteiger partial charge >= 0.3 is 11.8 Å². The molecule has 3 N–H and O–H groups in total. The molecule has 2 aromatic carbocycles. The van der Waals surface area contributed by atoms with E-state index in [0.717, 1.165) is 17.3 Å². The maximum absolute atomic E-state index is 12.9. The van der Waals surface area contributed by atoms with E-state index in [-0.39, 0.29) is 11.7 Å². The molecule has 9 heteroatoms. The number of nitrogens with one attached hydrogen (secondary N) is 3. The second kappa shape index (κ2) is 7.88. The largest absolute Gasteiger partial charge is 0.345 e. The van der Waals surface area contributed by atoms with Crippen LogP contribution in [0.1, 0.15) is 23.3 Å². The number of aromatic nitrogens is 1. The minimum Gasteiger partial charge on any atom is -0.345 e. The Hall–Kier alpha value is -2.84. The van der Waals surface area contributed by atoms with Gasteiger partial charge in [-0.15, -0.1) is 0 Å². The van der Waals surface area contributed by atoms with E-state index in [1.165, 1.54) is 4.68 Å². The van der Waals surface area contributed by atoms with Crippen molar-refractivity contribution in [1.29, 1.82) is 0 Å². The van der Waals surface area contributed by atoms with Gasteiger partial charge in [0.25, 0.3) is 5.91 Å². The number of hydrogen-bond acceptors (Lipinski definition) is 3. The molecule has 3 aromatic rings. The average Bonchev–Trinajstić information content (AvgIpc) is 3.43. The number of amides is 3. The van der Waals surface area contributed by atoms with E-state index in [2.05, 4.69) is 32.0 Å². The Kier molecular flexibility index (Phi) is 5.29. The van der Waals surface area contributed by atoms with Crippen LogP contribution in [0.5, 0.6) is 0 Å². The van der Waals surface area contributed by atoms with Gasteiger partial charge in [0.15, 0.2) is 0 Å². The molecular weight excluding hydrogens is 460 g/mol. The molecule has 4 rings (SSSR count). The number of carbonyl (C=O) groups is 3. The van der Waals surface area contributed by atoms with Gasteiger partial charge < -0.3 is 10.6 Å². The summed E-state index contributed by atoms with van der Waals surface area (Å²) in [5.41, 5.74) is 3.81. The summed E-state index contributed by atoms with van der Waals surface area (Å²) in [5.74, 6) is -2.02. The number of halogens is 2. The van der Waals surface area contributed by atoms with Crippen molar-refractivity contribution in [3.63, 3.8) is 0 Å². The molecule has 0 bridgehead atoms. The van der Waals surface area contributed by atoms with Crippen molar-refractivity contribution < 1.29 is 14.4 Å². The molecule has 1 aliphatic carbocycles. The number of benzene rings is 2. The summed E-state index contributed by atoms with van der Waals surface area (Å²) in [6, 6.07) is 13.7. The van der Waals surface area contributed by atoms with Crippen molar-refractivity contribution >= 4 is 61.8 Å². The Morgan fingerprint density at radius 2 is 1.72 bits per heavy atom. The minimum atomic E-state index is -0.845. The summed E-state index contributed by atoms with van der Waals surface area (Å²) in [6.45, 7) is 0. The van der Waals surface area contributed by atoms with Crippen LogP contribution < -0.4 is 16.1 Å². The number of nitrogens with zero attached hydrogens (tertiary/aromatic N) is 1. The van der Waals surface area contributed by atoms with Crippen LogP contribution in [0.2, 0.25) is 5.02 Å². The van der Waals surface area contributed by atoms with Gasteiger partial charge in [0.05, 0.1) is 5.52 Å². The SMILES string of the molecule is O=C(NC1CC1)C(=O)Nn1c(C(=O)Nc2ccc(Br)cc2)cc2cc(Cl)ccc21. The Bertz CT molecular complexity index is 1120. The summed E-state index contributed by atoms with van der Waals surface area (Å²) >= 11 is 9.40. The van der Waals surface area contributed by atoms with Gasteiger partial charge in [0.1, 0.15) is 5.69 Å². The smallest absolute Gasteiger partial charge is 0.328 e. The Balaban J connectivity index is 1.65. The predicted molar refractivity (Wildman–Crippen MR) is 115 cm³/mol. The molecule has 0 radical (unpaired) electrons. The van der Waals surface area contributed by atoms with Crippen LogP contribution in [0, 0.1) is 0 Å². The second-order valence-corrected chi connectivity index (χ2v) is 8.07. The quantitative estimate of drug-likeness (QED) is 0.503. The van der Waals surface area contributed by atoms with Crippen molar-refractivity contribution in [1.82, 2.24) is 9.99 Å². The summed E-state index contributed by atoms with van der Waals surface area (Å²) in [6.07, 6.45) is 1.73. The van der Waals surface area contributed by atoms with Gasteiger partial charge in [-0.25, -0.2) is 4.68 Å². The molecule has 3 amide bonds. The number of anilines is 1. The highest BCUT2D eigenvalue weighted by Crippen LogP contribution is 2.24. The third-order valence-electron chi connectivity index (χ3n) is 4.43. The van der Waals surface area contributed by atoms with Crippen molar-refractivity contribution in [3.05, 3.63) is 63.7 Å². The van der Waals surface area contributed by atoms with Crippen LogP contribution in [0.15, 0.2) is 53.0 Å². The molecule has 1 aromatic heterocycles. The van der Waals surface area contributed by atoms with Gasteiger partial charge in [-0.1, -0.05) is 27.5 Å². The van der Waals surface area contributed by atoms with Gasteiger partial charge in [-0.2, -0.15) is 0 Å². The normalized spacial score (nSPS) is 13.2. The molecule has 0 spiro atoms. The number of fused-ring (bicyclic) bond motifs is 1. The number of hydrogen-bond donors (Lipinski definition) is 3. The number of carbonyl (C=O) groups excluding carboxylic acids is 3. The lowest BCUT2D eigenvalue weighted by molar-refractivity contribution is -0.136. The fourth-order valence-corrected chi connectivity index (χ4v) is 3.28. The van der Waals surface area contributed by atoms with Crippen LogP contribution in [0.3, 0.4) is 0 Å². The van der Waals surface area contributed by atoms with Crippen LogP contribution >= 0.6 is 27.5 Å². The van der Waals surface area contributed by atoms with Crippen molar-refractivity contribution in [2.75, 3.05) is 10.7 Å². The summed E-state index contributed by atoms with van der Waals surface area (Å²) in [4.78, 5) is 37.3. The van der Waals surface area contributed by atoms with E-state index < -0.39 is 17.7 Å². The highest BCUT2D eigenvalue weighted by molar-refractivity contribution is 9.10. The Morgan fingerprint density at radius 1 is 1.00 bits per heavy atom. The standard InChI is InChI=1S/C20H16BrClN4O3/c21-12-1-4-14(5-2-12)23-18(27)17-10-11-9-13(22)3-8-16(11)26(17)25-20(29)19(28)24-15-6-7-15/h1-5,8-10,15H,6-7H2,(H,23,27)(H,24,28)(H,25,29). The lowest BCUT2D eigenvalue weighted by atomic mass is 10.2. The molecule has 1 aliphatic rings. The summed E-state index contributed by atoms with van der Waals surface area (Å²) < 4.78 is 2.18. The zero-order valence-electron chi connectivity index (χ0n) is 15.0. The lowest BCUT2D eigenvalue weighted by Crippen LogP contribution is -2.40. The Morgan fingerprint density at radius 3 is 2.41 bits per heavy atom. The van der Waals surface area contributed by atoms with Gasteiger partial charge in [0, 0.05) is 26.6 Å². The lowest BCUT2D eigenvalue weighted by Gasteiger charge is -2.12.